The van der Waals surface area contributed by atoms with Crippen LogP contribution in [0, 0.1) is 0 Å². The van der Waals surface area contributed by atoms with Gasteiger partial charge in [0.2, 0.25) is 0 Å². The summed E-state index contributed by atoms with van der Waals surface area (Å²) in [6.45, 7) is 1.11. The smallest absolute Gasteiger partial charge is 0.319 e. The molecule has 5 heteroatoms. The Labute approximate surface area is 95.7 Å². The number of esters is 2. The number of likely N-dealkylation sites (tertiary alicyclic amines) is 1. The summed E-state index contributed by atoms with van der Waals surface area (Å²) in [6, 6.07) is 0.111. The molecule has 0 saturated carbocycles. The van der Waals surface area contributed by atoms with Crippen LogP contribution in [0.3, 0.4) is 0 Å². The van der Waals surface area contributed by atoms with E-state index in [1.165, 1.54) is 14.2 Å². The van der Waals surface area contributed by atoms with Crippen LogP contribution in [0.1, 0.15) is 25.7 Å². The van der Waals surface area contributed by atoms with Crippen LogP contribution in [-0.4, -0.2) is 50.2 Å². The Morgan fingerprint density at radius 1 is 1.19 bits per heavy atom. The monoisotopic (exact) mass is 229 g/mol. The number of piperidine rings is 1. The number of carbonyl (C=O) groups is 2. The van der Waals surface area contributed by atoms with Gasteiger partial charge in [0, 0.05) is 6.04 Å². The van der Waals surface area contributed by atoms with Crippen LogP contribution in [0.25, 0.3) is 0 Å². The third-order valence-electron chi connectivity index (χ3n) is 2.94. The van der Waals surface area contributed by atoms with Crippen molar-refractivity contribution < 1.29 is 19.1 Å². The third kappa shape index (κ3) is 3.81. The molecule has 0 amide bonds. The molecular weight excluding hydrogens is 210 g/mol. The van der Waals surface area contributed by atoms with Gasteiger partial charge in [-0.1, -0.05) is 6.42 Å². The minimum absolute atomic E-state index is 0.111. The largest absolute Gasteiger partial charge is 0.469 e. The van der Waals surface area contributed by atoms with Crippen LogP contribution < -0.4 is 0 Å². The fourth-order valence-corrected chi connectivity index (χ4v) is 2.01. The van der Waals surface area contributed by atoms with E-state index in [0.717, 1.165) is 25.8 Å². The molecule has 1 unspecified atom stereocenters. The quantitative estimate of drug-likeness (QED) is 0.660. The van der Waals surface area contributed by atoms with Crippen molar-refractivity contribution in [2.24, 2.45) is 0 Å². The fourth-order valence-electron chi connectivity index (χ4n) is 2.01. The summed E-state index contributed by atoms with van der Waals surface area (Å²) in [4.78, 5) is 24.4. The molecular formula is C11H19NO4. The van der Waals surface area contributed by atoms with Gasteiger partial charge in [0.15, 0.2) is 0 Å². The highest BCUT2D eigenvalue weighted by Gasteiger charge is 2.26. The minimum atomic E-state index is -0.253. The second kappa shape index (κ2) is 6.48. The molecule has 1 aliphatic heterocycles. The molecule has 0 radical (unpaired) electrons. The van der Waals surface area contributed by atoms with E-state index in [-0.39, 0.29) is 24.5 Å². The number of methoxy groups -OCH3 is 2. The number of nitrogens with zero attached hydrogens (tertiary/aromatic N) is 1. The van der Waals surface area contributed by atoms with Crippen molar-refractivity contribution in [2.75, 3.05) is 27.3 Å². The molecule has 0 aliphatic carbocycles. The first kappa shape index (κ1) is 13.0. The molecule has 0 aromatic carbocycles. The number of carbonyl (C=O) groups excluding carboxylic acids is 2. The first-order chi connectivity index (χ1) is 7.67. The van der Waals surface area contributed by atoms with Gasteiger partial charge in [-0.25, -0.2) is 0 Å². The van der Waals surface area contributed by atoms with Crippen molar-refractivity contribution >= 4 is 11.9 Å². The Morgan fingerprint density at radius 3 is 2.50 bits per heavy atom. The first-order valence-corrected chi connectivity index (χ1v) is 5.55. The molecule has 0 N–H and O–H groups in total. The average Bonchev–Trinajstić information content (AvgIpc) is 2.31. The van der Waals surface area contributed by atoms with Crippen molar-refractivity contribution in [2.45, 2.75) is 31.7 Å². The summed E-state index contributed by atoms with van der Waals surface area (Å²) >= 11 is 0. The molecule has 16 heavy (non-hydrogen) atoms. The molecule has 1 saturated heterocycles. The first-order valence-electron chi connectivity index (χ1n) is 5.55. The molecule has 0 bridgehead atoms. The zero-order valence-electron chi connectivity index (χ0n) is 9.90. The van der Waals surface area contributed by atoms with E-state index in [4.69, 9.17) is 0 Å². The highest BCUT2D eigenvalue weighted by molar-refractivity contribution is 5.72. The van der Waals surface area contributed by atoms with Crippen molar-refractivity contribution in [3.8, 4) is 0 Å². The lowest BCUT2D eigenvalue weighted by Gasteiger charge is -2.34. The van der Waals surface area contributed by atoms with Gasteiger partial charge in [-0.3, -0.25) is 14.5 Å². The van der Waals surface area contributed by atoms with E-state index >= 15 is 0 Å². The molecule has 0 aromatic heterocycles. The van der Waals surface area contributed by atoms with Gasteiger partial charge >= 0.3 is 11.9 Å². The predicted octanol–water partition coefficient (Wildman–Crippen LogP) is 0.577. The van der Waals surface area contributed by atoms with E-state index in [9.17, 15) is 9.59 Å². The molecule has 1 aliphatic rings. The van der Waals surface area contributed by atoms with E-state index in [1.54, 1.807) is 0 Å². The molecule has 1 fully saturated rings. The van der Waals surface area contributed by atoms with Gasteiger partial charge in [0.1, 0.15) is 0 Å². The van der Waals surface area contributed by atoms with Crippen LogP contribution in [-0.2, 0) is 19.1 Å². The number of rotatable bonds is 4. The van der Waals surface area contributed by atoms with Gasteiger partial charge in [-0.2, -0.15) is 0 Å². The van der Waals surface area contributed by atoms with Crippen LogP contribution in [0.4, 0.5) is 0 Å². The van der Waals surface area contributed by atoms with Gasteiger partial charge in [-0.15, -0.1) is 0 Å². The Hall–Kier alpha value is -1.10. The number of hydrogen-bond donors (Lipinski definition) is 0. The van der Waals surface area contributed by atoms with E-state index in [2.05, 4.69) is 9.47 Å². The van der Waals surface area contributed by atoms with Crippen LogP contribution in [0.5, 0.6) is 0 Å². The summed E-state index contributed by atoms with van der Waals surface area (Å²) in [7, 11) is 2.76. The van der Waals surface area contributed by atoms with E-state index < -0.39 is 0 Å². The molecule has 0 spiro atoms. The van der Waals surface area contributed by atoms with Gasteiger partial charge < -0.3 is 9.47 Å². The SMILES string of the molecule is COC(=O)CC1CCCCN1CC(=O)OC. The van der Waals surface area contributed by atoms with Gasteiger partial charge in [0.25, 0.3) is 0 Å². The molecule has 5 nitrogen and oxygen atoms in total. The van der Waals surface area contributed by atoms with Crippen molar-refractivity contribution in [3.05, 3.63) is 0 Å². The lowest BCUT2D eigenvalue weighted by molar-refractivity contribution is -0.146. The summed E-state index contributed by atoms with van der Waals surface area (Å²) < 4.78 is 9.29. The third-order valence-corrected chi connectivity index (χ3v) is 2.94. The van der Waals surface area contributed by atoms with Gasteiger partial charge in [0.05, 0.1) is 27.2 Å². The van der Waals surface area contributed by atoms with Crippen LogP contribution in [0.15, 0.2) is 0 Å². The van der Waals surface area contributed by atoms with Crippen molar-refractivity contribution in [3.63, 3.8) is 0 Å². The van der Waals surface area contributed by atoms with E-state index in [1.807, 2.05) is 4.90 Å². The Kier molecular flexibility index (Phi) is 5.25. The summed E-state index contributed by atoms with van der Waals surface area (Å²) in [5.74, 6) is -0.474. The summed E-state index contributed by atoms with van der Waals surface area (Å²) in [6.07, 6.45) is 3.45. The maximum absolute atomic E-state index is 11.2. The van der Waals surface area contributed by atoms with Crippen LogP contribution >= 0.6 is 0 Å². The van der Waals surface area contributed by atoms with Crippen molar-refractivity contribution in [1.82, 2.24) is 4.90 Å². The maximum atomic E-state index is 11.2. The second-order valence-corrected chi connectivity index (χ2v) is 3.98. The van der Waals surface area contributed by atoms with E-state index in [0.29, 0.717) is 6.42 Å². The minimum Gasteiger partial charge on any atom is -0.469 e. The second-order valence-electron chi connectivity index (χ2n) is 3.98. The fraction of sp³-hybridized carbons (Fsp3) is 0.818. The highest BCUT2D eigenvalue weighted by Crippen LogP contribution is 2.19. The van der Waals surface area contributed by atoms with Crippen LogP contribution in [0.2, 0.25) is 0 Å². The standard InChI is InChI=1S/C11H19NO4/c1-15-10(13)7-9-5-3-4-6-12(9)8-11(14)16-2/h9H,3-8H2,1-2H3. The Morgan fingerprint density at radius 2 is 1.88 bits per heavy atom. The lowest BCUT2D eigenvalue weighted by atomic mass is 9.99. The average molecular weight is 229 g/mol. The zero-order chi connectivity index (χ0) is 12.0. The lowest BCUT2D eigenvalue weighted by Crippen LogP contribution is -2.44. The maximum Gasteiger partial charge on any atom is 0.319 e. The Balaban J connectivity index is 2.49. The molecule has 1 rings (SSSR count). The predicted molar refractivity (Wildman–Crippen MR) is 57.9 cm³/mol. The molecule has 0 aromatic rings. The molecule has 1 heterocycles. The van der Waals surface area contributed by atoms with Crippen molar-refractivity contribution in [1.29, 1.82) is 0 Å². The molecule has 1 atom stereocenters. The summed E-state index contributed by atoms with van der Waals surface area (Å²) in [5.41, 5.74) is 0. The highest BCUT2D eigenvalue weighted by atomic mass is 16.5. The Bertz CT molecular complexity index is 228. The summed E-state index contributed by atoms with van der Waals surface area (Å²) in [5, 5.41) is 0. The normalized spacial score (nSPS) is 21.5. The molecule has 92 valence electrons. The topological polar surface area (TPSA) is 55.8 Å². The van der Waals surface area contributed by atoms with Gasteiger partial charge in [-0.05, 0) is 19.4 Å². The number of hydrogen-bond acceptors (Lipinski definition) is 5. The zero-order valence-corrected chi connectivity index (χ0v) is 9.90. The number of ether oxygens (including phenoxy) is 2.